The van der Waals surface area contributed by atoms with E-state index in [1.54, 1.807) is 12.1 Å². The van der Waals surface area contributed by atoms with Crippen molar-refractivity contribution < 1.29 is 9.90 Å². The number of ketones is 1. The smallest absolute Gasteiger partial charge is 0.199 e. The van der Waals surface area contributed by atoms with Crippen molar-refractivity contribution in [3.63, 3.8) is 0 Å². The minimum absolute atomic E-state index is 0.0643. The molecule has 0 bridgehead atoms. The van der Waals surface area contributed by atoms with Gasteiger partial charge in [-0.1, -0.05) is 60.7 Å². The van der Waals surface area contributed by atoms with Gasteiger partial charge in [0.05, 0.1) is 3.58 Å². The first-order valence-electron chi connectivity index (χ1n) is 5.99. The highest BCUT2D eigenvalue weighted by Crippen LogP contribution is 2.33. The van der Waals surface area contributed by atoms with Crippen LogP contribution in [-0.4, -0.2) is 10.9 Å². The van der Waals surface area contributed by atoms with Crippen LogP contribution in [0.4, 0.5) is 0 Å². The maximum Gasteiger partial charge on any atom is 0.199 e. The van der Waals surface area contributed by atoms with E-state index in [1.807, 2.05) is 93.7 Å². The second kappa shape index (κ2) is 7.33. The van der Waals surface area contributed by atoms with E-state index in [4.69, 9.17) is 0 Å². The van der Waals surface area contributed by atoms with Gasteiger partial charge in [0.2, 0.25) is 0 Å². The first-order chi connectivity index (χ1) is 9.61. The first kappa shape index (κ1) is 15.7. The van der Waals surface area contributed by atoms with E-state index in [0.29, 0.717) is 12.7 Å². The minimum atomic E-state index is -0.767. The van der Waals surface area contributed by atoms with Crippen LogP contribution in [0.3, 0.4) is 0 Å². The summed E-state index contributed by atoms with van der Waals surface area (Å²) < 4.78 is 1.19. The Morgan fingerprint density at radius 2 is 1.40 bits per heavy atom. The molecule has 20 heavy (non-hydrogen) atoms. The van der Waals surface area contributed by atoms with Gasteiger partial charge in [0, 0.05) is 9.14 Å². The number of hydrogen-bond donors (Lipinski definition) is 1. The summed E-state index contributed by atoms with van der Waals surface area (Å²) in [5.74, 6) is -0.0643. The molecule has 0 amide bonds. The third-order valence-corrected chi connectivity index (χ3v) is 6.03. The van der Waals surface area contributed by atoms with E-state index in [1.165, 1.54) is 0 Å². The first-order valence-corrected chi connectivity index (χ1v) is 8.15. The summed E-state index contributed by atoms with van der Waals surface area (Å²) in [4.78, 5) is 12.3. The largest absolute Gasteiger partial charge is 0.383 e. The Balaban J connectivity index is 2.30. The standard InChI is InChI=1S/C16H12I2O2/c17-13(15(19)11-7-3-1-4-8-11)14(18)16(20)12-9-5-2-6-10-12/h1-10,15,19H/b14-13+. The van der Waals surface area contributed by atoms with E-state index in [0.717, 1.165) is 5.56 Å². The lowest BCUT2D eigenvalue weighted by molar-refractivity contribution is 0.104. The molecule has 2 aromatic rings. The van der Waals surface area contributed by atoms with Crippen LogP contribution in [0.2, 0.25) is 0 Å². The molecule has 2 nitrogen and oxygen atoms in total. The maximum atomic E-state index is 12.3. The second-order valence-corrected chi connectivity index (χ2v) is 6.41. The van der Waals surface area contributed by atoms with Crippen LogP contribution in [0.5, 0.6) is 0 Å². The summed E-state index contributed by atoms with van der Waals surface area (Å²) in [6.07, 6.45) is -0.767. The molecule has 0 aliphatic carbocycles. The third-order valence-electron chi connectivity index (χ3n) is 2.80. The van der Waals surface area contributed by atoms with Gasteiger partial charge in [-0.15, -0.1) is 0 Å². The van der Waals surface area contributed by atoms with Crippen molar-refractivity contribution in [2.24, 2.45) is 0 Å². The number of rotatable bonds is 4. The van der Waals surface area contributed by atoms with Crippen LogP contribution >= 0.6 is 45.2 Å². The van der Waals surface area contributed by atoms with Crippen molar-refractivity contribution in [3.8, 4) is 0 Å². The lowest BCUT2D eigenvalue weighted by Gasteiger charge is -2.12. The molecule has 0 aromatic heterocycles. The minimum Gasteiger partial charge on any atom is -0.383 e. The fourth-order valence-corrected chi connectivity index (χ4v) is 2.94. The van der Waals surface area contributed by atoms with E-state index in [2.05, 4.69) is 0 Å². The fraction of sp³-hybridized carbons (Fsp3) is 0.0625. The number of Topliss-reactive ketones (excluding diaryl/α,β-unsaturated/α-hetero) is 1. The van der Waals surface area contributed by atoms with Gasteiger partial charge in [-0.25, -0.2) is 0 Å². The SMILES string of the molecule is O=C(/C(I)=C(\I)C(O)c1ccccc1)c1ccccc1. The molecule has 0 heterocycles. The zero-order valence-corrected chi connectivity index (χ0v) is 14.8. The van der Waals surface area contributed by atoms with Crippen molar-refractivity contribution in [3.05, 3.63) is 79.0 Å². The Kier molecular flexibility index (Phi) is 5.74. The Morgan fingerprint density at radius 1 is 0.900 bits per heavy atom. The number of aliphatic hydroxyl groups is 1. The number of hydrogen-bond acceptors (Lipinski definition) is 2. The number of carbonyl (C=O) groups is 1. The molecule has 102 valence electrons. The molecule has 0 aliphatic heterocycles. The van der Waals surface area contributed by atoms with Gasteiger partial charge in [-0.3, -0.25) is 4.79 Å². The quantitative estimate of drug-likeness (QED) is 0.384. The number of allylic oxidation sites excluding steroid dienone is 1. The van der Waals surface area contributed by atoms with Crippen molar-refractivity contribution in [2.45, 2.75) is 6.10 Å². The highest BCUT2D eigenvalue weighted by molar-refractivity contribution is 14.1. The summed E-state index contributed by atoms with van der Waals surface area (Å²) in [6, 6.07) is 18.4. The van der Waals surface area contributed by atoms with Crippen molar-refractivity contribution in [1.29, 1.82) is 0 Å². The highest BCUT2D eigenvalue weighted by Gasteiger charge is 2.19. The number of carbonyl (C=O) groups excluding carboxylic acids is 1. The van der Waals surface area contributed by atoms with Gasteiger partial charge >= 0.3 is 0 Å². The molecule has 0 saturated heterocycles. The van der Waals surface area contributed by atoms with Crippen LogP contribution in [0.1, 0.15) is 22.0 Å². The topological polar surface area (TPSA) is 37.3 Å². The fourth-order valence-electron chi connectivity index (χ4n) is 1.73. The van der Waals surface area contributed by atoms with Crippen LogP contribution in [-0.2, 0) is 0 Å². The molecule has 0 fully saturated rings. The predicted octanol–water partition coefficient (Wildman–Crippen LogP) is 4.68. The normalized spacial score (nSPS) is 13.6. The summed E-state index contributed by atoms with van der Waals surface area (Å²) in [5.41, 5.74) is 1.42. The molecule has 0 radical (unpaired) electrons. The lowest BCUT2D eigenvalue weighted by Crippen LogP contribution is -2.04. The summed E-state index contributed by atoms with van der Waals surface area (Å²) in [5, 5.41) is 10.3. The zero-order valence-electron chi connectivity index (χ0n) is 10.5. The van der Waals surface area contributed by atoms with Gasteiger partial charge in [0.1, 0.15) is 6.10 Å². The van der Waals surface area contributed by atoms with Crippen LogP contribution in [0, 0.1) is 0 Å². The monoisotopic (exact) mass is 490 g/mol. The molecule has 2 rings (SSSR count). The van der Waals surface area contributed by atoms with Crippen molar-refractivity contribution in [1.82, 2.24) is 0 Å². The highest BCUT2D eigenvalue weighted by atomic mass is 127. The molecule has 1 atom stereocenters. The molecule has 0 aliphatic rings. The van der Waals surface area contributed by atoms with E-state index in [9.17, 15) is 9.90 Å². The average Bonchev–Trinajstić information content (AvgIpc) is 2.53. The lowest BCUT2D eigenvalue weighted by atomic mass is 10.1. The Morgan fingerprint density at radius 3 is 1.95 bits per heavy atom. The van der Waals surface area contributed by atoms with Crippen molar-refractivity contribution in [2.75, 3.05) is 0 Å². The molecule has 2 aromatic carbocycles. The van der Waals surface area contributed by atoms with Gasteiger partial charge < -0.3 is 5.11 Å². The van der Waals surface area contributed by atoms with Gasteiger partial charge in [-0.2, -0.15) is 0 Å². The molecule has 1 unspecified atom stereocenters. The summed E-state index contributed by atoms with van der Waals surface area (Å²) in [7, 11) is 0. The molecule has 0 spiro atoms. The third kappa shape index (κ3) is 3.67. The van der Waals surface area contributed by atoms with Gasteiger partial charge in [-0.05, 0) is 50.7 Å². The molecule has 4 heteroatoms. The van der Waals surface area contributed by atoms with E-state index < -0.39 is 6.10 Å². The number of halogens is 2. The zero-order chi connectivity index (χ0) is 14.5. The summed E-state index contributed by atoms with van der Waals surface area (Å²) >= 11 is 4.04. The molecule has 0 saturated carbocycles. The molecule has 1 N–H and O–H groups in total. The van der Waals surface area contributed by atoms with Crippen LogP contribution in [0.25, 0.3) is 0 Å². The van der Waals surface area contributed by atoms with E-state index >= 15 is 0 Å². The van der Waals surface area contributed by atoms with Gasteiger partial charge in [0.25, 0.3) is 0 Å². The maximum absolute atomic E-state index is 12.3. The van der Waals surface area contributed by atoms with Crippen LogP contribution in [0.15, 0.2) is 67.8 Å². The average molecular weight is 490 g/mol. The molecular formula is C16H12I2O2. The predicted molar refractivity (Wildman–Crippen MR) is 97.2 cm³/mol. The molecular weight excluding hydrogens is 478 g/mol. The second-order valence-electron chi connectivity index (χ2n) is 4.17. The summed E-state index contributed by atoms with van der Waals surface area (Å²) in [6.45, 7) is 0. The van der Waals surface area contributed by atoms with Gasteiger partial charge in [0.15, 0.2) is 5.78 Å². The Hall–Kier alpha value is -0.730. The number of benzene rings is 2. The Bertz CT molecular complexity index is 621. The van der Waals surface area contributed by atoms with Crippen molar-refractivity contribution >= 4 is 51.0 Å². The Labute approximate surface area is 145 Å². The number of aliphatic hydroxyl groups excluding tert-OH is 1. The van der Waals surface area contributed by atoms with Crippen LogP contribution < -0.4 is 0 Å². The van der Waals surface area contributed by atoms with E-state index in [-0.39, 0.29) is 5.78 Å².